The van der Waals surface area contributed by atoms with Crippen molar-refractivity contribution in [1.29, 1.82) is 0 Å². The predicted octanol–water partition coefficient (Wildman–Crippen LogP) is 3.53. The average molecular weight is 349 g/mol. The van der Waals surface area contributed by atoms with Gasteiger partial charge < -0.3 is 9.32 Å². The molecule has 0 N–H and O–H groups in total. The molecule has 0 aliphatic carbocycles. The standard InChI is InChI=1S/C19H25ClN2O2/c1-4-13-8-18-16(10-17(13)20)14(9-19(23)24-18)11-22-7-6-21(3)12-15(22)5-2/h8-10,15H,4-7,11-12H2,1-3H3/t15-/m0/s1. The molecule has 2 aromatic rings. The Kier molecular flexibility index (Phi) is 5.28. The molecule has 0 spiro atoms. The molecule has 1 aliphatic heterocycles. The van der Waals surface area contributed by atoms with Crippen LogP contribution in [0.2, 0.25) is 5.02 Å². The van der Waals surface area contributed by atoms with E-state index >= 15 is 0 Å². The number of rotatable bonds is 4. The highest BCUT2D eigenvalue weighted by molar-refractivity contribution is 6.32. The van der Waals surface area contributed by atoms with Crippen LogP contribution in [0.1, 0.15) is 31.4 Å². The largest absolute Gasteiger partial charge is 0.423 e. The highest BCUT2D eigenvalue weighted by atomic mass is 35.5. The van der Waals surface area contributed by atoms with Crippen LogP contribution >= 0.6 is 11.6 Å². The van der Waals surface area contributed by atoms with Crippen molar-refractivity contribution < 1.29 is 4.42 Å². The minimum absolute atomic E-state index is 0.288. The van der Waals surface area contributed by atoms with E-state index in [1.165, 1.54) is 0 Å². The second-order valence-electron chi connectivity index (χ2n) is 6.68. The van der Waals surface area contributed by atoms with Crippen molar-refractivity contribution in [3.05, 3.63) is 44.8 Å². The van der Waals surface area contributed by atoms with E-state index in [1.54, 1.807) is 6.07 Å². The van der Waals surface area contributed by atoms with Gasteiger partial charge in [0.25, 0.3) is 0 Å². The van der Waals surface area contributed by atoms with E-state index in [2.05, 4.69) is 23.8 Å². The summed E-state index contributed by atoms with van der Waals surface area (Å²) in [5.74, 6) is 0. The third-order valence-corrected chi connectivity index (χ3v) is 5.38. The smallest absolute Gasteiger partial charge is 0.336 e. The van der Waals surface area contributed by atoms with E-state index in [0.29, 0.717) is 11.6 Å². The van der Waals surface area contributed by atoms with Crippen LogP contribution in [0, 0.1) is 0 Å². The van der Waals surface area contributed by atoms with E-state index in [9.17, 15) is 4.79 Å². The number of halogens is 1. The van der Waals surface area contributed by atoms with Gasteiger partial charge in [-0.25, -0.2) is 4.79 Å². The SMILES string of the molecule is CCc1cc2oc(=O)cc(CN3CCN(C)C[C@@H]3CC)c2cc1Cl. The highest BCUT2D eigenvalue weighted by Gasteiger charge is 2.24. The first-order chi connectivity index (χ1) is 11.5. The van der Waals surface area contributed by atoms with E-state index in [-0.39, 0.29) is 5.63 Å². The molecule has 130 valence electrons. The molecule has 24 heavy (non-hydrogen) atoms. The molecule has 0 radical (unpaired) electrons. The molecule has 0 unspecified atom stereocenters. The number of benzene rings is 1. The van der Waals surface area contributed by atoms with Crippen LogP contribution in [0.3, 0.4) is 0 Å². The first-order valence-corrected chi connectivity index (χ1v) is 9.07. The lowest BCUT2D eigenvalue weighted by Gasteiger charge is -2.39. The van der Waals surface area contributed by atoms with Gasteiger partial charge in [0.2, 0.25) is 0 Å². The Labute approximate surface area is 148 Å². The monoisotopic (exact) mass is 348 g/mol. The van der Waals surface area contributed by atoms with Crippen LogP contribution in [0.25, 0.3) is 11.0 Å². The maximum atomic E-state index is 12.0. The van der Waals surface area contributed by atoms with Crippen LogP contribution in [-0.2, 0) is 13.0 Å². The van der Waals surface area contributed by atoms with Gasteiger partial charge in [0.05, 0.1) is 0 Å². The molecule has 0 amide bonds. The Bertz CT molecular complexity index is 787. The summed E-state index contributed by atoms with van der Waals surface area (Å²) in [6, 6.07) is 5.99. The summed E-state index contributed by atoms with van der Waals surface area (Å²) in [5.41, 5.74) is 2.37. The fourth-order valence-corrected chi connectivity index (χ4v) is 3.85. The predicted molar refractivity (Wildman–Crippen MR) is 98.9 cm³/mol. The van der Waals surface area contributed by atoms with Gasteiger partial charge in [-0.2, -0.15) is 0 Å². The van der Waals surface area contributed by atoms with Crippen LogP contribution < -0.4 is 5.63 Å². The fraction of sp³-hybridized carbons (Fsp3) is 0.526. The average Bonchev–Trinajstić information content (AvgIpc) is 2.56. The van der Waals surface area contributed by atoms with Gasteiger partial charge in [0, 0.05) is 48.7 Å². The number of hydrogen-bond donors (Lipinski definition) is 0. The molecular weight excluding hydrogens is 324 g/mol. The zero-order valence-electron chi connectivity index (χ0n) is 14.6. The molecule has 0 saturated carbocycles. The molecule has 1 saturated heterocycles. The molecule has 2 heterocycles. The Morgan fingerprint density at radius 2 is 2.00 bits per heavy atom. The van der Waals surface area contributed by atoms with E-state index in [4.69, 9.17) is 16.0 Å². The molecule has 5 heteroatoms. The Morgan fingerprint density at radius 3 is 2.71 bits per heavy atom. The molecule has 1 atom stereocenters. The molecule has 3 rings (SSSR count). The molecule has 1 aliphatic rings. The quantitative estimate of drug-likeness (QED) is 0.792. The molecule has 4 nitrogen and oxygen atoms in total. The van der Waals surface area contributed by atoms with Crippen LogP contribution in [0.15, 0.2) is 27.4 Å². The number of hydrogen-bond acceptors (Lipinski definition) is 4. The van der Waals surface area contributed by atoms with Crippen LogP contribution in [0.5, 0.6) is 0 Å². The van der Waals surface area contributed by atoms with Crippen molar-refractivity contribution in [2.45, 2.75) is 39.3 Å². The minimum atomic E-state index is -0.288. The number of piperazine rings is 1. The second kappa shape index (κ2) is 7.26. The lowest BCUT2D eigenvalue weighted by molar-refractivity contribution is 0.0815. The van der Waals surface area contributed by atoms with Gasteiger partial charge >= 0.3 is 5.63 Å². The molecule has 1 fully saturated rings. The topological polar surface area (TPSA) is 36.7 Å². The number of nitrogens with zero attached hydrogens (tertiary/aromatic N) is 2. The van der Waals surface area contributed by atoms with E-state index in [0.717, 1.165) is 60.6 Å². The first-order valence-electron chi connectivity index (χ1n) is 8.69. The van der Waals surface area contributed by atoms with Crippen LogP contribution in [0.4, 0.5) is 0 Å². The van der Waals surface area contributed by atoms with Gasteiger partial charge in [-0.1, -0.05) is 25.4 Å². The third kappa shape index (κ3) is 3.51. The summed E-state index contributed by atoms with van der Waals surface area (Å²) in [6.45, 7) is 8.16. The van der Waals surface area contributed by atoms with Gasteiger partial charge in [-0.05, 0) is 43.1 Å². The summed E-state index contributed by atoms with van der Waals surface area (Å²) in [4.78, 5) is 16.8. The van der Waals surface area contributed by atoms with E-state index < -0.39 is 0 Å². The molecule has 1 aromatic heterocycles. The number of aryl methyl sites for hydroxylation is 1. The Hall–Kier alpha value is -1.36. The lowest BCUT2D eigenvalue weighted by atomic mass is 10.0. The summed E-state index contributed by atoms with van der Waals surface area (Å²) in [7, 11) is 2.17. The lowest BCUT2D eigenvalue weighted by Crippen LogP contribution is -2.51. The Morgan fingerprint density at radius 1 is 1.21 bits per heavy atom. The van der Waals surface area contributed by atoms with Gasteiger partial charge in [-0.15, -0.1) is 0 Å². The minimum Gasteiger partial charge on any atom is -0.423 e. The molecule has 0 bridgehead atoms. The van der Waals surface area contributed by atoms with Crippen molar-refractivity contribution in [3.8, 4) is 0 Å². The summed E-state index contributed by atoms with van der Waals surface area (Å²) >= 11 is 6.39. The number of fused-ring (bicyclic) bond motifs is 1. The van der Waals surface area contributed by atoms with Crippen molar-refractivity contribution in [2.75, 3.05) is 26.7 Å². The zero-order valence-corrected chi connectivity index (χ0v) is 15.4. The van der Waals surface area contributed by atoms with Crippen molar-refractivity contribution in [3.63, 3.8) is 0 Å². The van der Waals surface area contributed by atoms with Crippen molar-refractivity contribution in [1.82, 2.24) is 9.80 Å². The molecule has 1 aromatic carbocycles. The number of likely N-dealkylation sites (N-methyl/N-ethyl adjacent to an activating group) is 1. The van der Waals surface area contributed by atoms with Crippen molar-refractivity contribution >= 4 is 22.6 Å². The molecular formula is C19H25ClN2O2. The van der Waals surface area contributed by atoms with Gasteiger partial charge in [0.1, 0.15) is 5.58 Å². The third-order valence-electron chi connectivity index (χ3n) is 5.03. The van der Waals surface area contributed by atoms with Gasteiger partial charge in [-0.3, -0.25) is 4.90 Å². The van der Waals surface area contributed by atoms with Crippen molar-refractivity contribution in [2.24, 2.45) is 0 Å². The first kappa shape index (κ1) is 17.5. The van der Waals surface area contributed by atoms with Gasteiger partial charge in [0.15, 0.2) is 0 Å². The normalized spacial score (nSPS) is 19.9. The fourth-order valence-electron chi connectivity index (χ4n) is 3.55. The summed E-state index contributed by atoms with van der Waals surface area (Å²) in [5, 5.41) is 1.69. The maximum Gasteiger partial charge on any atom is 0.336 e. The van der Waals surface area contributed by atoms with E-state index in [1.807, 2.05) is 19.1 Å². The second-order valence-corrected chi connectivity index (χ2v) is 7.09. The summed E-state index contributed by atoms with van der Waals surface area (Å²) < 4.78 is 5.42. The zero-order chi connectivity index (χ0) is 17.3. The Balaban J connectivity index is 1.99. The summed E-state index contributed by atoms with van der Waals surface area (Å²) in [6.07, 6.45) is 1.92. The van der Waals surface area contributed by atoms with Crippen LogP contribution in [-0.4, -0.2) is 42.5 Å². The maximum absolute atomic E-state index is 12.0. The highest BCUT2D eigenvalue weighted by Crippen LogP contribution is 2.27.